The van der Waals surface area contributed by atoms with Crippen LogP contribution in [-0.2, 0) is 10.1 Å². The molecule has 0 N–H and O–H groups in total. The molecule has 1 aromatic carbocycles. The van der Waals surface area contributed by atoms with E-state index in [-0.39, 0.29) is 29.6 Å². The Morgan fingerprint density at radius 1 is 0.941 bits per heavy atom. The maximum atomic E-state index is 10.6. The fourth-order valence-electron chi connectivity index (χ4n) is 0.923. The zero-order chi connectivity index (χ0) is 12.5. The van der Waals surface area contributed by atoms with E-state index in [1.165, 1.54) is 0 Å². The summed E-state index contributed by atoms with van der Waals surface area (Å²) in [5.74, 6) is 0. The first kappa shape index (κ1) is 15.9. The molecule has 1 rings (SSSR count). The van der Waals surface area contributed by atoms with Crippen LogP contribution in [0, 0.1) is 20.2 Å². The zero-order valence-corrected chi connectivity index (χ0v) is 11.2. The Kier molecular flexibility index (Phi) is 5.16. The van der Waals surface area contributed by atoms with Gasteiger partial charge < -0.3 is 4.55 Å². The van der Waals surface area contributed by atoms with Crippen LogP contribution in [0.5, 0.6) is 0 Å². The van der Waals surface area contributed by atoms with Gasteiger partial charge in [0, 0.05) is 12.1 Å². The molecule has 0 bridgehead atoms. The Morgan fingerprint density at radius 3 is 1.53 bits per heavy atom. The van der Waals surface area contributed by atoms with E-state index in [0.29, 0.717) is 18.2 Å². The quantitative estimate of drug-likeness (QED) is 0.253. The molecule has 11 heteroatoms. The molecule has 0 heterocycles. The predicted molar refractivity (Wildman–Crippen MR) is 47.7 cm³/mol. The molecule has 0 aliphatic carbocycles. The molecule has 0 aliphatic rings. The van der Waals surface area contributed by atoms with Gasteiger partial charge >= 0.3 is 29.6 Å². The van der Waals surface area contributed by atoms with Crippen molar-refractivity contribution in [2.75, 3.05) is 0 Å². The molecule has 0 atom stereocenters. The number of hydrogen-bond donors (Lipinski definition) is 0. The van der Waals surface area contributed by atoms with Crippen molar-refractivity contribution in [2.45, 2.75) is 4.90 Å². The summed E-state index contributed by atoms with van der Waals surface area (Å²) < 4.78 is 31.7. The maximum Gasteiger partial charge on any atom is 1.00 e. The van der Waals surface area contributed by atoms with Crippen molar-refractivity contribution >= 4 is 21.5 Å². The molecule has 1 aromatic rings. The van der Waals surface area contributed by atoms with Crippen molar-refractivity contribution < 1.29 is 52.4 Å². The monoisotopic (exact) mass is 270 g/mol. The third-order valence-corrected chi connectivity index (χ3v) is 2.40. The fourth-order valence-corrected chi connectivity index (χ4v) is 1.45. The molecule has 0 aliphatic heterocycles. The molecule has 0 saturated carbocycles. The Labute approximate surface area is 117 Å². The van der Waals surface area contributed by atoms with E-state index in [1.807, 2.05) is 0 Å². The Bertz CT molecular complexity index is 537. The van der Waals surface area contributed by atoms with Crippen LogP contribution in [0.15, 0.2) is 23.1 Å². The first-order valence-electron chi connectivity index (χ1n) is 3.61. The summed E-state index contributed by atoms with van der Waals surface area (Å²) in [4.78, 5) is 17.6. The number of nitro groups is 2. The number of nitro benzene ring substituents is 2. The number of hydrogen-bond acceptors (Lipinski definition) is 7. The van der Waals surface area contributed by atoms with E-state index >= 15 is 0 Å². The minimum Gasteiger partial charge on any atom is -0.744 e. The molecule has 86 valence electrons. The topological polar surface area (TPSA) is 143 Å². The Balaban J connectivity index is 0.00000256. The van der Waals surface area contributed by atoms with Crippen molar-refractivity contribution in [3.8, 4) is 0 Å². The number of non-ortho nitro benzene ring substituents is 2. The molecular formula is C6H3N2NaO7S. The summed E-state index contributed by atoms with van der Waals surface area (Å²) in [7, 11) is -4.97. The van der Waals surface area contributed by atoms with Crippen LogP contribution in [-0.4, -0.2) is 22.8 Å². The van der Waals surface area contributed by atoms with Crippen LogP contribution in [0.2, 0.25) is 0 Å². The third kappa shape index (κ3) is 4.02. The van der Waals surface area contributed by atoms with Gasteiger partial charge in [-0.05, 0) is 0 Å². The first-order valence-corrected chi connectivity index (χ1v) is 5.02. The van der Waals surface area contributed by atoms with Gasteiger partial charge in [-0.2, -0.15) is 0 Å². The molecule has 9 nitrogen and oxygen atoms in total. The van der Waals surface area contributed by atoms with Gasteiger partial charge in [0.05, 0.1) is 20.8 Å². The van der Waals surface area contributed by atoms with Crippen LogP contribution >= 0.6 is 0 Å². The largest absolute Gasteiger partial charge is 1.00 e. The summed E-state index contributed by atoms with van der Waals surface area (Å²) in [6.07, 6.45) is 0. The van der Waals surface area contributed by atoms with Gasteiger partial charge in [0.25, 0.3) is 11.4 Å². The van der Waals surface area contributed by atoms with Crippen molar-refractivity contribution in [1.82, 2.24) is 0 Å². The van der Waals surface area contributed by atoms with E-state index in [4.69, 9.17) is 0 Å². The van der Waals surface area contributed by atoms with Crippen LogP contribution in [0.25, 0.3) is 0 Å². The minimum atomic E-state index is -4.97. The zero-order valence-electron chi connectivity index (χ0n) is 8.39. The van der Waals surface area contributed by atoms with E-state index in [9.17, 15) is 33.2 Å². The molecule has 0 aromatic heterocycles. The van der Waals surface area contributed by atoms with Crippen molar-refractivity contribution in [1.29, 1.82) is 0 Å². The second-order valence-corrected chi connectivity index (χ2v) is 4.03. The molecule has 0 unspecified atom stereocenters. The van der Waals surface area contributed by atoms with Gasteiger partial charge in [-0.1, -0.05) is 0 Å². The van der Waals surface area contributed by atoms with Gasteiger partial charge in [-0.3, -0.25) is 20.2 Å². The summed E-state index contributed by atoms with van der Waals surface area (Å²) in [5, 5.41) is 20.7. The average molecular weight is 270 g/mol. The van der Waals surface area contributed by atoms with Crippen LogP contribution in [0.3, 0.4) is 0 Å². The summed E-state index contributed by atoms with van der Waals surface area (Å²) in [6, 6.07) is 1.50. The van der Waals surface area contributed by atoms with Crippen molar-refractivity contribution in [3.63, 3.8) is 0 Å². The van der Waals surface area contributed by atoms with Crippen molar-refractivity contribution in [2.24, 2.45) is 0 Å². The van der Waals surface area contributed by atoms with Gasteiger partial charge in [0.2, 0.25) is 0 Å². The fraction of sp³-hybridized carbons (Fsp3) is 0. The second-order valence-electron chi connectivity index (χ2n) is 2.65. The average Bonchev–Trinajstić information content (AvgIpc) is 2.15. The smallest absolute Gasteiger partial charge is 0.744 e. The van der Waals surface area contributed by atoms with Gasteiger partial charge in [-0.15, -0.1) is 0 Å². The Morgan fingerprint density at radius 2 is 1.29 bits per heavy atom. The number of nitrogens with zero attached hydrogens (tertiary/aromatic N) is 2. The SMILES string of the molecule is O=[N+]([O-])c1cc([N+](=O)[O-])cc(S(=O)(=O)[O-])c1.[Na+]. The third-order valence-electron chi connectivity index (χ3n) is 1.59. The van der Waals surface area contributed by atoms with Gasteiger partial charge in [0.15, 0.2) is 0 Å². The first-order chi connectivity index (χ1) is 7.21. The van der Waals surface area contributed by atoms with Gasteiger partial charge in [0.1, 0.15) is 10.1 Å². The normalized spacial score (nSPS) is 10.4. The molecule has 0 saturated heterocycles. The molecule has 17 heavy (non-hydrogen) atoms. The summed E-state index contributed by atoms with van der Waals surface area (Å²) in [6.45, 7) is 0. The van der Waals surface area contributed by atoms with Gasteiger partial charge in [-0.25, -0.2) is 8.42 Å². The standard InChI is InChI=1S/C6H4N2O7S.Na/c9-7(10)4-1-5(8(11)12)3-6(2-4)16(13,14)15;/h1-3H,(H,13,14,15);/q;+1/p-1. The number of rotatable bonds is 3. The summed E-state index contributed by atoms with van der Waals surface area (Å²) in [5.41, 5.74) is -1.66. The van der Waals surface area contributed by atoms with Crippen molar-refractivity contribution in [3.05, 3.63) is 38.4 Å². The summed E-state index contributed by atoms with van der Waals surface area (Å²) >= 11 is 0. The molecule has 0 spiro atoms. The van der Waals surface area contributed by atoms with Crippen LogP contribution in [0.4, 0.5) is 11.4 Å². The number of benzene rings is 1. The maximum absolute atomic E-state index is 10.6. The van der Waals surface area contributed by atoms with Crippen LogP contribution < -0.4 is 29.6 Å². The second kappa shape index (κ2) is 5.51. The van der Waals surface area contributed by atoms with Crippen LogP contribution in [0.1, 0.15) is 0 Å². The molecular weight excluding hydrogens is 267 g/mol. The van der Waals surface area contributed by atoms with E-state index in [2.05, 4.69) is 0 Å². The molecule has 0 radical (unpaired) electrons. The van der Waals surface area contributed by atoms with E-state index in [0.717, 1.165) is 0 Å². The minimum absolute atomic E-state index is 0. The van der Waals surface area contributed by atoms with E-state index in [1.54, 1.807) is 0 Å². The Hall–Kier alpha value is -1.07. The molecule has 0 fully saturated rings. The predicted octanol–water partition coefficient (Wildman–Crippen LogP) is -2.59. The van der Waals surface area contributed by atoms with E-state index < -0.39 is 36.2 Å². The molecule has 0 amide bonds.